The van der Waals surface area contributed by atoms with Gasteiger partial charge in [-0.2, -0.15) is 0 Å². The van der Waals surface area contributed by atoms with Gasteiger partial charge in [0.25, 0.3) is 5.91 Å². The molecule has 0 radical (unpaired) electrons. The summed E-state index contributed by atoms with van der Waals surface area (Å²) in [6.07, 6.45) is -6.06. The largest absolute Gasteiger partial charge is 0.338 e. The molecule has 0 atom stereocenters. The number of hydrogen-bond donors (Lipinski definition) is 0. The minimum Gasteiger partial charge on any atom is -0.338 e. The normalized spacial score (nSPS) is 20.9. The molecule has 1 aliphatic heterocycles. The maximum absolute atomic E-state index is 15.7. The van der Waals surface area contributed by atoms with Crippen LogP contribution in [0.3, 0.4) is 0 Å². The summed E-state index contributed by atoms with van der Waals surface area (Å²) in [6.45, 7) is 1.08. The molecule has 1 aliphatic rings. The molecule has 7 heteroatoms. The second-order valence-electron chi connectivity index (χ2n) is 6.46. The van der Waals surface area contributed by atoms with Crippen LogP contribution in [0, 0.1) is 5.82 Å². The Morgan fingerprint density at radius 2 is 2.00 bits per heavy atom. The van der Waals surface area contributed by atoms with E-state index in [1.54, 1.807) is 0 Å². The summed E-state index contributed by atoms with van der Waals surface area (Å²) in [7, 11) is 0. The van der Waals surface area contributed by atoms with Crippen LogP contribution < -0.4 is 0 Å². The van der Waals surface area contributed by atoms with E-state index in [4.69, 9.17) is 19.8 Å². The standard InChI is InChI=1S/C21H24ClF2N3O/c1-2-15-13-25-19(26-14-15)4-3-7-21(24)8-10-27(11-9-21)20(28)16-5-6-18(23)17(22)12-16/h5-6,12-14H,2-4,7-11H2,1H3/i2D2,4D2,7D2. The number of aryl methyl sites for hydroxylation is 2. The van der Waals surface area contributed by atoms with E-state index in [0.29, 0.717) is 0 Å². The van der Waals surface area contributed by atoms with Gasteiger partial charge in [0.05, 0.1) is 5.02 Å². The molecular weight excluding hydrogens is 384 g/mol. The molecule has 4 nitrogen and oxygen atoms in total. The summed E-state index contributed by atoms with van der Waals surface area (Å²) in [5.74, 6) is -1.52. The Kier molecular flexibility index (Phi) is 4.47. The number of nitrogens with zero attached hydrogens (tertiary/aromatic N) is 3. The van der Waals surface area contributed by atoms with Gasteiger partial charge in [0.15, 0.2) is 0 Å². The highest BCUT2D eigenvalue weighted by molar-refractivity contribution is 6.31. The zero-order valence-electron chi connectivity index (χ0n) is 21.3. The number of piperidine rings is 1. The highest BCUT2D eigenvalue weighted by atomic mass is 35.5. The molecule has 1 saturated heterocycles. The van der Waals surface area contributed by atoms with Crippen molar-refractivity contribution in [1.29, 1.82) is 0 Å². The zero-order valence-corrected chi connectivity index (χ0v) is 16.1. The first-order valence-electron chi connectivity index (χ1n) is 11.8. The van der Waals surface area contributed by atoms with E-state index in [-0.39, 0.29) is 47.9 Å². The Balaban J connectivity index is 1.70. The van der Waals surface area contributed by atoms with E-state index in [1.807, 2.05) is 0 Å². The number of rotatable bonds is 6. The van der Waals surface area contributed by atoms with Gasteiger partial charge >= 0.3 is 0 Å². The summed E-state index contributed by atoms with van der Waals surface area (Å²) in [4.78, 5) is 21.7. The second-order valence-corrected chi connectivity index (χ2v) is 6.87. The molecule has 3 rings (SSSR count). The lowest BCUT2D eigenvalue weighted by atomic mass is 9.88. The molecule has 1 fully saturated rings. The van der Waals surface area contributed by atoms with Crippen LogP contribution in [-0.4, -0.2) is 39.5 Å². The lowest BCUT2D eigenvalue weighted by molar-refractivity contribution is 0.0389. The molecule has 0 spiro atoms. The van der Waals surface area contributed by atoms with E-state index in [9.17, 15) is 9.18 Å². The van der Waals surface area contributed by atoms with E-state index < -0.39 is 42.9 Å². The molecule has 0 aliphatic carbocycles. The van der Waals surface area contributed by atoms with Crippen molar-refractivity contribution in [3.8, 4) is 0 Å². The number of alkyl halides is 1. The summed E-state index contributed by atoms with van der Waals surface area (Å²) in [5, 5.41) is -0.216. The molecule has 0 bridgehead atoms. The van der Waals surface area contributed by atoms with Crippen molar-refractivity contribution >= 4 is 17.5 Å². The SMILES string of the molecule is [2H]C([2H])(C)c1cnc(C([2H])([2H])CC([2H])([2H])C2(F)CCN(C(=O)c3ccc(F)c(Cl)c3)CC2)nc1. The van der Waals surface area contributed by atoms with Gasteiger partial charge < -0.3 is 4.90 Å². The molecule has 0 saturated carbocycles. The maximum atomic E-state index is 15.7. The highest BCUT2D eigenvalue weighted by Crippen LogP contribution is 2.32. The highest BCUT2D eigenvalue weighted by Gasteiger charge is 2.35. The predicted octanol–water partition coefficient (Wildman–Crippen LogP) is 4.80. The number of benzene rings is 1. The fraction of sp³-hybridized carbons (Fsp3) is 0.476. The second kappa shape index (κ2) is 8.95. The Bertz CT molecular complexity index is 1060. The molecule has 150 valence electrons. The van der Waals surface area contributed by atoms with E-state index >= 15 is 4.39 Å². The molecule has 0 unspecified atom stereocenters. The minimum absolute atomic E-state index is 0.108. The summed E-state index contributed by atoms with van der Waals surface area (Å²) in [6, 6.07) is 3.51. The van der Waals surface area contributed by atoms with Gasteiger partial charge in [0, 0.05) is 45.6 Å². The smallest absolute Gasteiger partial charge is 0.253 e. The lowest BCUT2D eigenvalue weighted by Gasteiger charge is -2.36. The van der Waals surface area contributed by atoms with Crippen LogP contribution in [0.25, 0.3) is 0 Å². The maximum Gasteiger partial charge on any atom is 0.253 e. The van der Waals surface area contributed by atoms with Gasteiger partial charge in [-0.15, -0.1) is 0 Å². The first kappa shape index (κ1) is 14.0. The van der Waals surface area contributed by atoms with Gasteiger partial charge in [-0.25, -0.2) is 18.7 Å². The van der Waals surface area contributed by atoms with Crippen molar-refractivity contribution in [2.24, 2.45) is 0 Å². The van der Waals surface area contributed by atoms with Crippen LogP contribution in [0.2, 0.25) is 5.02 Å². The lowest BCUT2D eigenvalue weighted by Crippen LogP contribution is -2.44. The zero-order chi connectivity index (χ0) is 25.5. The number of likely N-dealkylation sites (tertiary alicyclic amines) is 1. The number of halogens is 3. The van der Waals surface area contributed by atoms with Gasteiger partial charge in [0.2, 0.25) is 0 Å². The van der Waals surface area contributed by atoms with Gasteiger partial charge in [-0.1, -0.05) is 18.5 Å². The molecule has 2 heterocycles. The summed E-state index contributed by atoms with van der Waals surface area (Å²) < 4.78 is 77.6. The third-order valence-electron chi connectivity index (χ3n) is 4.60. The van der Waals surface area contributed by atoms with Crippen molar-refractivity contribution in [2.45, 2.75) is 51.0 Å². The summed E-state index contributed by atoms with van der Waals surface area (Å²) >= 11 is 5.73. The molecule has 1 aromatic carbocycles. The van der Waals surface area contributed by atoms with Gasteiger partial charge in [0.1, 0.15) is 17.3 Å². The van der Waals surface area contributed by atoms with Crippen LogP contribution in [-0.2, 0) is 12.7 Å². The Morgan fingerprint density at radius 1 is 1.32 bits per heavy atom. The van der Waals surface area contributed by atoms with E-state index in [1.165, 1.54) is 24.0 Å². The Morgan fingerprint density at radius 3 is 2.61 bits per heavy atom. The first-order chi connectivity index (χ1) is 15.6. The van der Waals surface area contributed by atoms with Crippen LogP contribution in [0.1, 0.15) is 62.5 Å². The van der Waals surface area contributed by atoms with Crippen LogP contribution in [0.5, 0.6) is 0 Å². The monoisotopic (exact) mass is 413 g/mol. The molecular formula is C21H24ClF2N3O. The molecule has 2 aromatic rings. The molecule has 1 aromatic heterocycles. The topological polar surface area (TPSA) is 46.1 Å². The van der Waals surface area contributed by atoms with E-state index in [2.05, 4.69) is 9.97 Å². The van der Waals surface area contributed by atoms with Crippen LogP contribution >= 0.6 is 11.6 Å². The van der Waals surface area contributed by atoms with Crippen molar-refractivity contribution in [3.05, 3.63) is 58.4 Å². The minimum atomic E-state index is -2.60. The molecule has 28 heavy (non-hydrogen) atoms. The average Bonchev–Trinajstić information content (AvgIpc) is 2.74. The van der Waals surface area contributed by atoms with Crippen LogP contribution in [0.15, 0.2) is 30.6 Å². The number of carbonyl (C=O) groups excluding carboxylic acids is 1. The average molecular weight is 414 g/mol. The number of hydrogen-bond acceptors (Lipinski definition) is 3. The van der Waals surface area contributed by atoms with Gasteiger partial charge in [-0.05, 0) is 55.8 Å². The van der Waals surface area contributed by atoms with Crippen molar-refractivity contribution in [2.75, 3.05) is 13.1 Å². The van der Waals surface area contributed by atoms with E-state index in [0.717, 1.165) is 18.5 Å². The van der Waals surface area contributed by atoms with Crippen molar-refractivity contribution < 1.29 is 21.8 Å². The number of aromatic nitrogens is 2. The Labute approximate surface area is 177 Å². The number of carbonyl (C=O) groups is 1. The first-order valence-corrected chi connectivity index (χ1v) is 9.20. The Hall–Kier alpha value is -2.08. The third kappa shape index (κ3) is 5.04. The predicted molar refractivity (Wildman–Crippen MR) is 105 cm³/mol. The molecule has 1 amide bonds. The number of amides is 1. The van der Waals surface area contributed by atoms with Gasteiger partial charge in [-0.3, -0.25) is 4.79 Å². The molecule has 0 N–H and O–H groups in total. The fourth-order valence-electron chi connectivity index (χ4n) is 2.88. The summed E-state index contributed by atoms with van der Waals surface area (Å²) in [5.41, 5.74) is -2.14. The third-order valence-corrected chi connectivity index (χ3v) is 4.89. The fourth-order valence-corrected chi connectivity index (χ4v) is 3.06. The van der Waals surface area contributed by atoms with Crippen LogP contribution in [0.4, 0.5) is 8.78 Å². The quantitative estimate of drug-likeness (QED) is 0.683. The van der Waals surface area contributed by atoms with Crippen molar-refractivity contribution in [3.63, 3.8) is 0 Å². The van der Waals surface area contributed by atoms with Crippen molar-refractivity contribution in [1.82, 2.24) is 14.9 Å².